The maximum atomic E-state index is 11.0. The molecule has 0 aromatic heterocycles. The number of amides is 1. The van der Waals surface area contributed by atoms with Crippen LogP contribution in [-0.2, 0) is 4.79 Å². The smallest absolute Gasteiger partial charge is 0.243 e. The van der Waals surface area contributed by atoms with Gasteiger partial charge in [0, 0.05) is 18.6 Å². The van der Waals surface area contributed by atoms with E-state index in [-0.39, 0.29) is 5.91 Å². The summed E-state index contributed by atoms with van der Waals surface area (Å²) in [5.41, 5.74) is 0. The van der Waals surface area contributed by atoms with E-state index in [0.29, 0.717) is 18.1 Å². The minimum absolute atomic E-state index is 0.0692. The minimum Gasteiger partial charge on any atom is -0.347 e. The first-order valence-corrected chi connectivity index (χ1v) is 4.75. The number of carbonyl (C=O) groups excluding carboxylic acids is 1. The van der Waals surface area contributed by atoms with E-state index < -0.39 is 0 Å². The Morgan fingerprint density at radius 2 is 2.31 bits per heavy atom. The van der Waals surface area contributed by atoms with E-state index in [0.717, 1.165) is 6.54 Å². The Bertz CT molecular complexity index is 213. The Labute approximate surface area is 79.8 Å². The molecule has 1 amide bonds. The molecule has 3 heteroatoms. The molecule has 1 aliphatic heterocycles. The van der Waals surface area contributed by atoms with E-state index in [1.807, 2.05) is 0 Å². The zero-order chi connectivity index (χ0) is 10.0. The Balaban J connectivity index is 2.35. The Morgan fingerprint density at radius 3 is 2.69 bits per heavy atom. The highest BCUT2D eigenvalue weighted by molar-refractivity contribution is 5.87. The monoisotopic (exact) mass is 182 g/mol. The van der Waals surface area contributed by atoms with Crippen LogP contribution in [0, 0.1) is 0 Å². The average Bonchev–Trinajstić information content (AvgIpc) is 2.09. The van der Waals surface area contributed by atoms with Crippen LogP contribution >= 0.6 is 0 Å². The van der Waals surface area contributed by atoms with Crippen LogP contribution in [-0.4, -0.2) is 35.5 Å². The van der Waals surface area contributed by atoms with Crippen molar-refractivity contribution >= 4 is 5.91 Å². The third kappa shape index (κ3) is 2.10. The molecule has 1 N–H and O–H groups in total. The molecule has 0 saturated carbocycles. The van der Waals surface area contributed by atoms with Crippen LogP contribution in [0.15, 0.2) is 12.7 Å². The summed E-state index contributed by atoms with van der Waals surface area (Å²) >= 11 is 0. The SMILES string of the molecule is C=CC(=O)NC1CN(C(C)C)C1C. The van der Waals surface area contributed by atoms with Gasteiger partial charge in [0.1, 0.15) is 0 Å². The minimum atomic E-state index is -0.0692. The van der Waals surface area contributed by atoms with Crippen molar-refractivity contribution in [3.8, 4) is 0 Å². The molecule has 0 aromatic rings. The van der Waals surface area contributed by atoms with E-state index in [1.165, 1.54) is 6.08 Å². The van der Waals surface area contributed by atoms with Gasteiger partial charge in [-0.15, -0.1) is 0 Å². The van der Waals surface area contributed by atoms with Gasteiger partial charge in [0.2, 0.25) is 5.91 Å². The number of nitrogens with zero attached hydrogens (tertiary/aromatic N) is 1. The second kappa shape index (κ2) is 3.92. The number of likely N-dealkylation sites (tertiary alicyclic amines) is 1. The summed E-state index contributed by atoms with van der Waals surface area (Å²) in [5.74, 6) is -0.0692. The number of hydrogen-bond acceptors (Lipinski definition) is 2. The Hall–Kier alpha value is -0.830. The summed E-state index contributed by atoms with van der Waals surface area (Å²) in [7, 11) is 0. The fourth-order valence-electron chi connectivity index (χ4n) is 1.73. The lowest BCUT2D eigenvalue weighted by molar-refractivity contribution is -0.119. The van der Waals surface area contributed by atoms with Crippen LogP contribution in [0.3, 0.4) is 0 Å². The van der Waals surface area contributed by atoms with Gasteiger partial charge in [-0.1, -0.05) is 6.58 Å². The second-order valence-electron chi connectivity index (χ2n) is 3.85. The standard InChI is InChI=1S/C10H18N2O/c1-5-10(13)11-9-6-12(7(2)3)8(9)4/h5,7-9H,1,6H2,2-4H3,(H,11,13). The summed E-state index contributed by atoms with van der Waals surface area (Å²) < 4.78 is 0. The molecule has 0 spiro atoms. The van der Waals surface area contributed by atoms with E-state index in [1.54, 1.807) is 0 Å². The normalized spacial score (nSPS) is 28.3. The van der Waals surface area contributed by atoms with E-state index in [4.69, 9.17) is 0 Å². The molecule has 3 nitrogen and oxygen atoms in total. The zero-order valence-electron chi connectivity index (χ0n) is 8.58. The molecule has 2 atom stereocenters. The van der Waals surface area contributed by atoms with Gasteiger partial charge < -0.3 is 5.32 Å². The first-order chi connectivity index (χ1) is 6.06. The first-order valence-electron chi connectivity index (χ1n) is 4.75. The van der Waals surface area contributed by atoms with Crippen LogP contribution in [0.2, 0.25) is 0 Å². The highest BCUT2D eigenvalue weighted by Gasteiger charge is 2.37. The maximum absolute atomic E-state index is 11.0. The lowest BCUT2D eigenvalue weighted by Gasteiger charge is -2.48. The molecule has 0 aliphatic carbocycles. The van der Waals surface area contributed by atoms with Gasteiger partial charge in [-0.05, 0) is 26.8 Å². The molecule has 1 aliphatic rings. The molecule has 1 rings (SSSR count). The number of hydrogen-bond donors (Lipinski definition) is 1. The molecule has 0 aromatic carbocycles. The summed E-state index contributed by atoms with van der Waals surface area (Å²) in [6.07, 6.45) is 1.32. The van der Waals surface area contributed by atoms with Crippen LogP contribution in [0.1, 0.15) is 20.8 Å². The van der Waals surface area contributed by atoms with Gasteiger partial charge in [-0.25, -0.2) is 0 Å². The molecule has 1 saturated heterocycles. The van der Waals surface area contributed by atoms with Gasteiger partial charge in [0.05, 0.1) is 6.04 Å². The van der Waals surface area contributed by atoms with Crippen LogP contribution in [0.25, 0.3) is 0 Å². The van der Waals surface area contributed by atoms with Crippen molar-refractivity contribution in [1.29, 1.82) is 0 Å². The van der Waals surface area contributed by atoms with Gasteiger partial charge in [0.25, 0.3) is 0 Å². The highest BCUT2D eigenvalue weighted by Crippen LogP contribution is 2.20. The third-order valence-electron chi connectivity index (χ3n) is 2.69. The van der Waals surface area contributed by atoms with Gasteiger partial charge in [-0.2, -0.15) is 0 Å². The van der Waals surface area contributed by atoms with Crippen molar-refractivity contribution in [2.24, 2.45) is 0 Å². The van der Waals surface area contributed by atoms with Gasteiger partial charge in [-0.3, -0.25) is 9.69 Å². The number of nitrogens with one attached hydrogen (secondary N) is 1. The Morgan fingerprint density at radius 1 is 1.69 bits per heavy atom. The molecular formula is C10H18N2O. The largest absolute Gasteiger partial charge is 0.347 e. The molecule has 1 fully saturated rings. The lowest BCUT2D eigenvalue weighted by atomic mass is 9.96. The second-order valence-corrected chi connectivity index (χ2v) is 3.85. The van der Waals surface area contributed by atoms with E-state index in [9.17, 15) is 4.79 Å². The molecule has 1 heterocycles. The summed E-state index contributed by atoms with van der Waals surface area (Å²) in [6.45, 7) is 10.9. The van der Waals surface area contributed by atoms with E-state index in [2.05, 4.69) is 37.6 Å². The average molecular weight is 182 g/mol. The molecule has 74 valence electrons. The van der Waals surface area contributed by atoms with Crippen LogP contribution < -0.4 is 5.32 Å². The summed E-state index contributed by atoms with van der Waals surface area (Å²) in [4.78, 5) is 13.3. The van der Waals surface area contributed by atoms with Gasteiger partial charge in [0.15, 0.2) is 0 Å². The molecule has 0 bridgehead atoms. The summed E-state index contributed by atoms with van der Waals surface area (Å²) in [5, 5.41) is 2.90. The predicted molar refractivity (Wildman–Crippen MR) is 53.4 cm³/mol. The Kier molecular flexibility index (Phi) is 3.09. The maximum Gasteiger partial charge on any atom is 0.243 e. The van der Waals surface area contributed by atoms with Crippen molar-refractivity contribution in [3.05, 3.63) is 12.7 Å². The van der Waals surface area contributed by atoms with Crippen molar-refractivity contribution in [1.82, 2.24) is 10.2 Å². The molecular weight excluding hydrogens is 164 g/mol. The van der Waals surface area contributed by atoms with Crippen molar-refractivity contribution < 1.29 is 4.79 Å². The fraction of sp³-hybridized carbons (Fsp3) is 0.700. The van der Waals surface area contributed by atoms with Gasteiger partial charge >= 0.3 is 0 Å². The first kappa shape index (κ1) is 10.3. The molecule has 2 unspecified atom stereocenters. The third-order valence-corrected chi connectivity index (χ3v) is 2.69. The fourth-order valence-corrected chi connectivity index (χ4v) is 1.73. The predicted octanol–water partition coefficient (Wildman–Crippen LogP) is 0.770. The summed E-state index contributed by atoms with van der Waals surface area (Å²) in [6, 6.07) is 1.31. The lowest BCUT2D eigenvalue weighted by Crippen LogP contribution is -2.66. The van der Waals surface area contributed by atoms with E-state index >= 15 is 0 Å². The molecule has 0 radical (unpaired) electrons. The highest BCUT2D eigenvalue weighted by atomic mass is 16.1. The van der Waals surface area contributed by atoms with Crippen LogP contribution in [0.4, 0.5) is 0 Å². The quantitative estimate of drug-likeness (QED) is 0.654. The zero-order valence-corrected chi connectivity index (χ0v) is 8.58. The van der Waals surface area contributed by atoms with Crippen molar-refractivity contribution in [3.63, 3.8) is 0 Å². The number of rotatable bonds is 3. The molecule has 13 heavy (non-hydrogen) atoms. The van der Waals surface area contributed by atoms with Crippen molar-refractivity contribution in [2.45, 2.75) is 38.9 Å². The van der Waals surface area contributed by atoms with Crippen molar-refractivity contribution in [2.75, 3.05) is 6.54 Å². The topological polar surface area (TPSA) is 32.3 Å². The number of carbonyl (C=O) groups is 1. The van der Waals surface area contributed by atoms with Crippen LogP contribution in [0.5, 0.6) is 0 Å².